The Balaban J connectivity index is 2.07. The van der Waals surface area contributed by atoms with Gasteiger partial charge in [-0.05, 0) is 37.3 Å². The molecule has 0 aliphatic heterocycles. The summed E-state index contributed by atoms with van der Waals surface area (Å²) in [6.07, 6.45) is 2.42. The SMILES string of the molecule is CC(Cc1ccco1)Nc1ccc(N)cc1C#N. The summed E-state index contributed by atoms with van der Waals surface area (Å²) in [5.41, 5.74) is 7.60. The van der Waals surface area contributed by atoms with Crippen LogP contribution in [-0.2, 0) is 6.42 Å². The summed E-state index contributed by atoms with van der Waals surface area (Å²) in [6, 6.07) is 11.4. The molecule has 0 radical (unpaired) electrons. The van der Waals surface area contributed by atoms with E-state index >= 15 is 0 Å². The summed E-state index contributed by atoms with van der Waals surface area (Å²) in [6.45, 7) is 2.04. The Morgan fingerprint density at radius 2 is 2.28 bits per heavy atom. The van der Waals surface area contributed by atoms with Crippen molar-refractivity contribution in [3.63, 3.8) is 0 Å². The summed E-state index contributed by atoms with van der Waals surface area (Å²) in [4.78, 5) is 0. The van der Waals surface area contributed by atoms with E-state index in [-0.39, 0.29) is 6.04 Å². The third-order valence-electron chi connectivity index (χ3n) is 2.65. The molecular formula is C14H15N3O. The maximum absolute atomic E-state index is 9.05. The predicted octanol–water partition coefficient (Wildman–Crippen LogP) is 2.78. The lowest BCUT2D eigenvalue weighted by Gasteiger charge is -2.15. The standard InChI is InChI=1S/C14H15N3O/c1-10(7-13-3-2-6-18-13)17-14-5-4-12(16)8-11(14)9-15/h2-6,8,10,17H,7,16H2,1H3. The monoisotopic (exact) mass is 241 g/mol. The molecule has 0 saturated carbocycles. The van der Waals surface area contributed by atoms with Crippen LogP contribution in [0.4, 0.5) is 11.4 Å². The Hall–Kier alpha value is -2.41. The van der Waals surface area contributed by atoms with Crippen molar-refractivity contribution in [3.05, 3.63) is 47.9 Å². The van der Waals surface area contributed by atoms with Crippen molar-refractivity contribution in [1.82, 2.24) is 0 Å². The molecule has 0 spiro atoms. The number of anilines is 2. The van der Waals surface area contributed by atoms with Gasteiger partial charge in [0.15, 0.2) is 0 Å². The maximum atomic E-state index is 9.05. The summed E-state index contributed by atoms with van der Waals surface area (Å²) in [5.74, 6) is 0.920. The highest BCUT2D eigenvalue weighted by atomic mass is 16.3. The molecule has 2 rings (SSSR count). The minimum absolute atomic E-state index is 0.173. The van der Waals surface area contributed by atoms with E-state index in [2.05, 4.69) is 11.4 Å². The van der Waals surface area contributed by atoms with Gasteiger partial charge >= 0.3 is 0 Å². The van der Waals surface area contributed by atoms with E-state index in [4.69, 9.17) is 15.4 Å². The lowest BCUT2D eigenvalue weighted by molar-refractivity contribution is 0.498. The number of nitrogens with one attached hydrogen (secondary N) is 1. The van der Waals surface area contributed by atoms with Crippen LogP contribution in [-0.4, -0.2) is 6.04 Å². The fourth-order valence-corrected chi connectivity index (χ4v) is 1.83. The Bertz CT molecular complexity index is 555. The van der Waals surface area contributed by atoms with E-state index < -0.39 is 0 Å². The van der Waals surface area contributed by atoms with Crippen molar-refractivity contribution in [2.24, 2.45) is 0 Å². The number of nitrogen functional groups attached to an aromatic ring is 1. The molecule has 4 heteroatoms. The van der Waals surface area contributed by atoms with Crippen LogP contribution in [0.1, 0.15) is 18.2 Å². The van der Waals surface area contributed by atoms with Gasteiger partial charge in [0.25, 0.3) is 0 Å². The number of nitriles is 1. The van der Waals surface area contributed by atoms with Crippen LogP contribution in [0, 0.1) is 11.3 Å². The first-order valence-electron chi connectivity index (χ1n) is 5.77. The van der Waals surface area contributed by atoms with Gasteiger partial charge in [0.1, 0.15) is 11.8 Å². The van der Waals surface area contributed by atoms with Gasteiger partial charge < -0.3 is 15.5 Å². The smallest absolute Gasteiger partial charge is 0.105 e. The third kappa shape index (κ3) is 2.83. The molecule has 0 amide bonds. The zero-order valence-corrected chi connectivity index (χ0v) is 10.2. The van der Waals surface area contributed by atoms with Gasteiger partial charge in [-0.15, -0.1) is 0 Å². The van der Waals surface area contributed by atoms with E-state index in [0.29, 0.717) is 11.3 Å². The molecule has 4 nitrogen and oxygen atoms in total. The van der Waals surface area contributed by atoms with Gasteiger partial charge in [-0.25, -0.2) is 0 Å². The molecule has 1 unspecified atom stereocenters. The number of furan rings is 1. The van der Waals surface area contributed by atoms with Crippen LogP contribution in [0.5, 0.6) is 0 Å². The Labute approximate surface area is 106 Å². The van der Waals surface area contributed by atoms with Crippen molar-refractivity contribution in [3.8, 4) is 6.07 Å². The fourth-order valence-electron chi connectivity index (χ4n) is 1.83. The van der Waals surface area contributed by atoms with Crippen LogP contribution < -0.4 is 11.1 Å². The van der Waals surface area contributed by atoms with Crippen molar-refractivity contribution >= 4 is 11.4 Å². The van der Waals surface area contributed by atoms with Gasteiger partial charge in [-0.3, -0.25) is 0 Å². The Kier molecular flexibility index (Phi) is 3.54. The maximum Gasteiger partial charge on any atom is 0.105 e. The molecule has 1 aromatic carbocycles. The van der Waals surface area contributed by atoms with E-state index in [1.165, 1.54) is 0 Å². The molecule has 2 aromatic rings. The fraction of sp³-hybridized carbons (Fsp3) is 0.214. The molecule has 3 N–H and O–H groups in total. The molecule has 0 bridgehead atoms. The van der Waals surface area contributed by atoms with Crippen LogP contribution in [0.3, 0.4) is 0 Å². The third-order valence-corrected chi connectivity index (χ3v) is 2.65. The number of nitrogens with two attached hydrogens (primary N) is 1. The van der Waals surface area contributed by atoms with E-state index in [0.717, 1.165) is 17.9 Å². The largest absolute Gasteiger partial charge is 0.469 e. The summed E-state index contributed by atoms with van der Waals surface area (Å²) < 4.78 is 5.29. The number of benzene rings is 1. The van der Waals surface area contributed by atoms with Gasteiger partial charge in [0.2, 0.25) is 0 Å². The van der Waals surface area contributed by atoms with Crippen molar-refractivity contribution in [1.29, 1.82) is 5.26 Å². The highest BCUT2D eigenvalue weighted by Gasteiger charge is 2.08. The quantitative estimate of drug-likeness (QED) is 0.807. The molecular weight excluding hydrogens is 226 g/mol. The van der Waals surface area contributed by atoms with Gasteiger partial charge in [-0.2, -0.15) is 5.26 Å². The van der Waals surface area contributed by atoms with E-state index in [1.807, 2.05) is 25.1 Å². The summed E-state index contributed by atoms with van der Waals surface area (Å²) in [7, 11) is 0. The average molecular weight is 241 g/mol. The van der Waals surface area contributed by atoms with Crippen LogP contribution in [0.25, 0.3) is 0 Å². The van der Waals surface area contributed by atoms with Gasteiger partial charge in [-0.1, -0.05) is 0 Å². The minimum atomic E-state index is 0.173. The highest BCUT2D eigenvalue weighted by molar-refractivity contribution is 5.63. The van der Waals surface area contributed by atoms with E-state index in [9.17, 15) is 0 Å². The van der Waals surface area contributed by atoms with Crippen molar-refractivity contribution in [2.75, 3.05) is 11.1 Å². The summed E-state index contributed by atoms with van der Waals surface area (Å²) >= 11 is 0. The molecule has 92 valence electrons. The van der Waals surface area contributed by atoms with E-state index in [1.54, 1.807) is 18.4 Å². The number of rotatable bonds is 4. The second-order valence-electron chi connectivity index (χ2n) is 4.25. The molecule has 0 aliphatic rings. The Morgan fingerprint density at radius 3 is 2.94 bits per heavy atom. The molecule has 0 aliphatic carbocycles. The lowest BCUT2D eigenvalue weighted by atomic mass is 10.1. The zero-order valence-electron chi connectivity index (χ0n) is 10.2. The predicted molar refractivity (Wildman–Crippen MR) is 71.1 cm³/mol. The second-order valence-corrected chi connectivity index (χ2v) is 4.25. The number of nitrogens with zero attached hydrogens (tertiary/aromatic N) is 1. The van der Waals surface area contributed by atoms with Gasteiger partial charge in [0, 0.05) is 18.2 Å². The lowest BCUT2D eigenvalue weighted by Crippen LogP contribution is -2.18. The topological polar surface area (TPSA) is 75.0 Å². The zero-order chi connectivity index (χ0) is 13.0. The molecule has 0 saturated heterocycles. The normalized spacial score (nSPS) is 11.8. The first-order chi connectivity index (χ1) is 8.69. The van der Waals surface area contributed by atoms with Crippen molar-refractivity contribution < 1.29 is 4.42 Å². The molecule has 18 heavy (non-hydrogen) atoms. The van der Waals surface area contributed by atoms with Gasteiger partial charge in [0.05, 0.1) is 17.5 Å². The minimum Gasteiger partial charge on any atom is -0.469 e. The van der Waals surface area contributed by atoms with Crippen LogP contribution in [0.2, 0.25) is 0 Å². The van der Waals surface area contributed by atoms with Crippen LogP contribution in [0.15, 0.2) is 41.0 Å². The first kappa shape index (κ1) is 12.1. The summed E-state index contributed by atoms with van der Waals surface area (Å²) in [5, 5.41) is 12.3. The Morgan fingerprint density at radius 1 is 1.44 bits per heavy atom. The molecule has 1 heterocycles. The second kappa shape index (κ2) is 5.28. The number of hydrogen-bond donors (Lipinski definition) is 2. The van der Waals surface area contributed by atoms with Crippen LogP contribution >= 0.6 is 0 Å². The molecule has 1 atom stereocenters. The first-order valence-corrected chi connectivity index (χ1v) is 5.77. The average Bonchev–Trinajstić information content (AvgIpc) is 2.84. The van der Waals surface area contributed by atoms with Crippen molar-refractivity contribution in [2.45, 2.75) is 19.4 Å². The molecule has 1 aromatic heterocycles. The molecule has 0 fully saturated rings. The number of hydrogen-bond acceptors (Lipinski definition) is 4. The highest BCUT2D eigenvalue weighted by Crippen LogP contribution is 2.19.